The van der Waals surface area contributed by atoms with Crippen LogP contribution in [0, 0.1) is 0 Å². The van der Waals surface area contributed by atoms with Crippen molar-refractivity contribution >= 4 is 29.8 Å². The molecular formula is C34H36O12. The third-order valence-electron chi connectivity index (χ3n) is 7.27. The average molecular weight is 637 g/mol. The highest BCUT2D eigenvalue weighted by Gasteiger charge is 2.53. The predicted molar refractivity (Wildman–Crippen MR) is 161 cm³/mol. The Labute approximate surface area is 265 Å². The monoisotopic (exact) mass is 636 g/mol. The molecule has 1 saturated heterocycles. The van der Waals surface area contributed by atoms with E-state index in [1.807, 2.05) is 24.3 Å². The molecule has 4 rings (SSSR count). The molecule has 0 radical (unpaired) electrons. The zero-order valence-corrected chi connectivity index (χ0v) is 26.1. The minimum atomic E-state index is -1.36. The minimum absolute atomic E-state index is 0.175. The number of carbonyl (C=O) groups excluding carboxylic acids is 4. The number of rotatable bonds is 11. The van der Waals surface area contributed by atoms with Gasteiger partial charge >= 0.3 is 29.8 Å². The van der Waals surface area contributed by atoms with Crippen LogP contribution < -0.4 is 4.74 Å². The van der Waals surface area contributed by atoms with Crippen molar-refractivity contribution in [3.05, 3.63) is 76.9 Å². The Morgan fingerprint density at radius 2 is 1.43 bits per heavy atom. The molecule has 3 aliphatic rings. The maximum atomic E-state index is 12.4. The second kappa shape index (κ2) is 14.9. The zero-order chi connectivity index (χ0) is 33.5. The third-order valence-corrected chi connectivity index (χ3v) is 7.27. The van der Waals surface area contributed by atoms with E-state index < -0.39 is 60.4 Å². The largest absolute Gasteiger partial charge is 0.493 e. The van der Waals surface area contributed by atoms with Crippen LogP contribution in [0.1, 0.15) is 67.8 Å². The van der Waals surface area contributed by atoms with Gasteiger partial charge in [-0.25, -0.2) is 4.79 Å². The van der Waals surface area contributed by atoms with E-state index in [-0.39, 0.29) is 25.2 Å². The molecule has 1 N–H and O–H groups in total. The van der Waals surface area contributed by atoms with Crippen molar-refractivity contribution in [1.82, 2.24) is 0 Å². The van der Waals surface area contributed by atoms with Crippen LogP contribution in [0.5, 0.6) is 5.75 Å². The van der Waals surface area contributed by atoms with Gasteiger partial charge in [-0.3, -0.25) is 19.2 Å². The number of carboxylic acid groups (broad SMARTS) is 1. The van der Waals surface area contributed by atoms with Gasteiger partial charge in [0.05, 0.1) is 12.2 Å². The van der Waals surface area contributed by atoms with Crippen molar-refractivity contribution in [2.45, 2.75) is 71.6 Å². The SMILES string of the molecule is CCOc1ccc(Cc2cc3cccccc-3c2C(=O)O)cc1C1OC(COC(C)=O)C(OC(C)=O)C(OC(C)=O)C1OC(C)=O. The summed E-state index contributed by atoms with van der Waals surface area (Å²) in [6.07, 6.45) is -6.10. The van der Waals surface area contributed by atoms with E-state index in [1.165, 1.54) is 13.8 Å². The van der Waals surface area contributed by atoms with Crippen LogP contribution in [-0.2, 0) is 49.3 Å². The molecule has 1 aromatic rings. The van der Waals surface area contributed by atoms with E-state index in [4.69, 9.17) is 28.4 Å². The van der Waals surface area contributed by atoms with Crippen molar-refractivity contribution < 1.29 is 57.5 Å². The second-order valence-corrected chi connectivity index (χ2v) is 10.7. The van der Waals surface area contributed by atoms with Crippen molar-refractivity contribution in [3.8, 4) is 16.9 Å². The fourth-order valence-corrected chi connectivity index (χ4v) is 5.66. The Bertz CT molecular complexity index is 1580. The van der Waals surface area contributed by atoms with Gasteiger partial charge in [-0.15, -0.1) is 0 Å². The normalized spacial score (nSPS) is 20.8. The molecular weight excluding hydrogens is 600 g/mol. The maximum Gasteiger partial charge on any atom is 0.336 e. The number of hydrogen-bond acceptors (Lipinski definition) is 11. The molecule has 46 heavy (non-hydrogen) atoms. The number of fused-ring (bicyclic) bond motifs is 1. The van der Waals surface area contributed by atoms with Crippen LogP contribution in [0.4, 0.5) is 0 Å². The molecule has 5 unspecified atom stereocenters. The van der Waals surface area contributed by atoms with E-state index in [2.05, 4.69) is 0 Å². The number of aromatic carboxylic acids is 1. The third kappa shape index (κ3) is 7.99. The van der Waals surface area contributed by atoms with Crippen molar-refractivity contribution in [2.75, 3.05) is 13.2 Å². The molecule has 2 aliphatic carbocycles. The fourth-order valence-electron chi connectivity index (χ4n) is 5.66. The Balaban J connectivity index is 1.86. The van der Waals surface area contributed by atoms with Crippen molar-refractivity contribution in [2.24, 2.45) is 0 Å². The molecule has 1 fully saturated rings. The Morgan fingerprint density at radius 3 is 2.07 bits per heavy atom. The number of benzene rings is 1. The molecule has 1 heterocycles. The van der Waals surface area contributed by atoms with Gasteiger partial charge in [0, 0.05) is 33.3 Å². The van der Waals surface area contributed by atoms with E-state index >= 15 is 0 Å². The highest BCUT2D eigenvalue weighted by Crippen LogP contribution is 2.42. The summed E-state index contributed by atoms with van der Waals surface area (Å²) < 4.78 is 34.3. The topological polar surface area (TPSA) is 161 Å². The Morgan fingerprint density at radius 1 is 0.783 bits per heavy atom. The van der Waals surface area contributed by atoms with Crippen LogP contribution in [0.3, 0.4) is 0 Å². The second-order valence-electron chi connectivity index (χ2n) is 10.7. The zero-order valence-electron chi connectivity index (χ0n) is 26.1. The molecule has 12 nitrogen and oxygen atoms in total. The summed E-state index contributed by atoms with van der Waals surface area (Å²) in [5.41, 5.74) is 3.17. The van der Waals surface area contributed by atoms with Gasteiger partial charge in [-0.05, 0) is 53.8 Å². The van der Waals surface area contributed by atoms with Crippen LogP contribution in [0.25, 0.3) is 11.1 Å². The van der Waals surface area contributed by atoms with E-state index in [1.54, 1.807) is 37.3 Å². The van der Waals surface area contributed by atoms with Crippen LogP contribution in [0.2, 0.25) is 0 Å². The average Bonchev–Trinajstić information content (AvgIpc) is 3.14. The molecule has 0 saturated carbocycles. The first-order valence-electron chi connectivity index (χ1n) is 14.7. The Kier molecular flexibility index (Phi) is 11.0. The number of ether oxygens (including phenoxy) is 6. The van der Waals surface area contributed by atoms with E-state index in [0.29, 0.717) is 28.0 Å². The standard InChI is InChI=1S/C34H36O12/c1-6-41-27-13-12-22(14-24-16-23-10-8-7-9-11-25(23)29(24)34(39)40)15-26(27)30-32(44-20(4)37)33(45-21(5)38)31(43-19(3)36)28(46-30)17-42-18(2)35/h7-13,15-16,28,30-33H,6,14,17H2,1-5H3,(H,39,40). The molecule has 244 valence electrons. The first-order chi connectivity index (χ1) is 21.9. The summed E-state index contributed by atoms with van der Waals surface area (Å²) in [7, 11) is 0. The lowest BCUT2D eigenvalue weighted by molar-refractivity contribution is -0.254. The number of carbonyl (C=O) groups is 5. The van der Waals surface area contributed by atoms with Crippen molar-refractivity contribution in [1.29, 1.82) is 0 Å². The van der Waals surface area contributed by atoms with Crippen LogP contribution in [0.15, 0.2) is 54.6 Å². The summed E-state index contributed by atoms with van der Waals surface area (Å²) in [5.74, 6) is -3.56. The van der Waals surface area contributed by atoms with Crippen LogP contribution in [-0.4, -0.2) is 72.6 Å². The maximum absolute atomic E-state index is 12.4. The number of esters is 4. The lowest BCUT2D eigenvalue weighted by Crippen LogP contribution is -2.59. The summed E-state index contributed by atoms with van der Waals surface area (Å²) in [6.45, 7) is 6.32. The van der Waals surface area contributed by atoms with Gasteiger partial charge in [0.1, 0.15) is 24.6 Å². The quantitative estimate of drug-likeness (QED) is 0.235. The first kappa shape index (κ1) is 33.9. The van der Waals surface area contributed by atoms with Gasteiger partial charge in [-0.2, -0.15) is 0 Å². The highest BCUT2D eigenvalue weighted by molar-refractivity contribution is 5.99. The smallest absolute Gasteiger partial charge is 0.336 e. The first-order valence-corrected chi connectivity index (χ1v) is 14.7. The molecule has 12 heteroatoms. The summed E-state index contributed by atoms with van der Waals surface area (Å²) in [4.78, 5) is 60.9. The van der Waals surface area contributed by atoms with Crippen LogP contribution >= 0.6 is 0 Å². The minimum Gasteiger partial charge on any atom is -0.493 e. The molecule has 0 aromatic heterocycles. The predicted octanol–water partition coefficient (Wildman–Crippen LogP) is 4.28. The molecule has 5 atom stereocenters. The molecule has 1 aromatic carbocycles. The van der Waals surface area contributed by atoms with Gasteiger partial charge < -0.3 is 33.5 Å². The lowest BCUT2D eigenvalue weighted by atomic mass is 9.88. The fraction of sp³-hybridized carbons (Fsp3) is 0.382. The van der Waals surface area contributed by atoms with Gasteiger partial charge in [0.15, 0.2) is 18.3 Å². The van der Waals surface area contributed by atoms with Gasteiger partial charge in [0.25, 0.3) is 0 Å². The molecule has 0 spiro atoms. The van der Waals surface area contributed by atoms with E-state index in [0.717, 1.165) is 19.4 Å². The van der Waals surface area contributed by atoms with Gasteiger partial charge in [-0.1, -0.05) is 36.4 Å². The van der Waals surface area contributed by atoms with Gasteiger partial charge in [0.2, 0.25) is 0 Å². The molecule has 1 aliphatic heterocycles. The molecule has 0 bridgehead atoms. The Hall–Kier alpha value is -4.97. The number of hydrogen-bond donors (Lipinski definition) is 1. The number of carboxylic acids is 1. The van der Waals surface area contributed by atoms with E-state index in [9.17, 15) is 29.1 Å². The lowest BCUT2D eigenvalue weighted by Gasteiger charge is -2.44. The molecule has 0 amide bonds. The van der Waals surface area contributed by atoms with Crippen molar-refractivity contribution in [3.63, 3.8) is 0 Å². The summed E-state index contributed by atoms with van der Waals surface area (Å²) in [5, 5.41) is 10.1. The highest BCUT2D eigenvalue weighted by atomic mass is 16.7. The summed E-state index contributed by atoms with van der Waals surface area (Å²) >= 11 is 0. The summed E-state index contributed by atoms with van der Waals surface area (Å²) in [6, 6.07) is 16.0.